The fourth-order valence-corrected chi connectivity index (χ4v) is 1.81. The number of carbonyl (C=O) groups is 1. The molecule has 1 aromatic rings. The SMILES string of the molecule is Cc1cc([C@H]2CN(C(=O)O)CCO2)cnc1N. The molecule has 0 bridgehead atoms. The Labute approximate surface area is 99.0 Å². The molecule has 1 aliphatic heterocycles. The van der Waals surface area contributed by atoms with Crippen LogP contribution in [0.5, 0.6) is 0 Å². The van der Waals surface area contributed by atoms with Gasteiger partial charge in [0.25, 0.3) is 0 Å². The van der Waals surface area contributed by atoms with Crippen molar-refractivity contribution in [2.45, 2.75) is 13.0 Å². The Morgan fingerprint density at radius 2 is 2.47 bits per heavy atom. The quantitative estimate of drug-likeness (QED) is 0.761. The lowest BCUT2D eigenvalue weighted by atomic mass is 10.1. The molecular formula is C11H15N3O3. The van der Waals surface area contributed by atoms with Crippen molar-refractivity contribution >= 4 is 11.9 Å². The number of carboxylic acid groups (broad SMARTS) is 1. The first-order valence-corrected chi connectivity index (χ1v) is 5.39. The third-order valence-corrected chi connectivity index (χ3v) is 2.85. The summed E-state index contributed by atoms with van der Waals surface area (Å²) in [6.45, 7) is 3.01. The number of pyridine rings is 1. The molecule has 0 aromatic carbocycles. The molecule has 1 fully saturated rings. The number of morpholine rings is 1. The van der Waals surface area contributed by atoms with Gasteiger partial charge in [-0.1, -0.05) is 0 Å². The Morgan fingerprint density at radius 3 is 3.12 bits per heavy atom. The molecule has 1 saturated heterocycles. The van der Waals surface area contributed by atoms with E-state index in [9.17, 15) is 4.79 Å². The molecule has 0 unspecified atom stereocenters. The van der Waals surface area contributed by atoms with E-state index in [1.165, 1.54) is 4.90 Å². The van der Waals surface area contributed by atoms with Gasteiger partial charge in [-0.2, -0.15) is 0 Å². The van der Waals surface area contributed by atoms with Gasteiger partial charge < -0.3 is 20.5 Å². The van der Waals surface area contributed by atoms with Crippen molar-refractivity contribution in [1.29, 1.82) is 0 Å². The second kappa shape index (κ2) is 4.58. The van der Waals surface area contributed by atoms with E-state index in [2.05, 4.69) is 4.98 Å². The van der Waals surface area contributed by atoms with E-state index in [1.54, 1.807) is 6.20 Å². The summed E-state index contributed by atoms with van der Waals surface area (Å²) in [7, 11) is 0. The van der Waals surface area contributed by atoms with E-state index in [0.29, 0.717) is 25.5 Å². The highest BCUT2D eigenvalue weighted by molar-refractivity contribution is 5.65. The van der Waals surface area contributed by atoms with Crippen LogP contribution in [0.25, 0.3) is 0 Å². The Bertz CT molecular complexity index is 436. The van der Waals surface area contributed by atoms with Gasteiger partial charge in [-0.05, 0) is 18.6 Å². The van der Waals surface area contributed by atoms with E-state index >= 15 is 0 Å². The monoisotopic (exact) mass is 237 g/mol. The molecule has 0 aliphatic carbocycles. The lowest BCUT2D eigenvalue weighted by molar-refractivity contribution is -0.0233. The van der Waals surface area contributed by atoms with Gasteiger partial charge in [0.2, 0.25) is 0 Å². The van der Waals surface area contributed by atoms with Crippen molar-refractivity contribution in [1.82, 2.24) is 9.88 Å². The van der Waals surface area contributed by atoms with Gasteiger partial charge in [0.05, 0.1) is 13.2 Å². The number of hydrogen-bond acceptors (Lipinski definition) is 4. The molecule has 2 rings (SSSR count). The summed E-state index contributed by atoms with van der Waals surface area (Å²) in [6, 6.07) is 1.89. The van der Waals surface area contributed by atoms with Crippen molar-refractivity contribution < 1.29 is 14.6 Å². The maximum atomic E-state index is 10.9. The standard InChI is InChI=1S/C11H15N3O3/c1-7-4-8(5-13-10(7)12)9-6-14(11(15)16)2-3-17-9/h4-5,9H,2-3,6H2,1H3,(H2,12,13)(H,15,16)/t9-/m1/s1. The zero-order chi connectivity index (χ0) is 12.4. The lowest BCUT2D eigenvalue weighted by Gasteiger charge is -2.31. The zero-order valence-corrected chi connectivity index (χ0v) is 9.59. The number of aryl methyl sites for hydroxylation is 1. The number of anilines is 1. The number of hydrogen-bond donors (Lipinski definition) is 2. The number of ether oxygens (including phenoxy) is 1. The minimum atomic E-state index is -0.918. The van der Waals surface area contributed by atoms with Crippen LogP contribution < -0.4 is 5.73 Å². The number of rotatable bonds is 1. The largest absolute Gasteiger partial charge is 0.465 e. The summed E-state index contributed by atoms with van der Waals surface area (Å²) >= 11 is 0. The molecule has 92 valence electrons. The smallest absolute Gasteiger partial charge is 0.407 e. The maximum Gasteiger partial charge on any atom is 0.407 e. The second-order valence-electron chi connectivity index (χ2n) is 4.06. The van der Waals surface area contributed by atoms with Crippen molar-refractivity contribution in [3.05, 3.63) is 23.4 Å². The van der Waals surface area contributed by atoms with Crippen molar-refractivity contribution in [3.63, 3.8) is 0 Å². The first kappa shape index (κ1) is 11.7. The van der Waals surface area contributed by atoms with Crippen LogP contribution in [0.4, 0.5) is 10.6 Å². The van der Waals surface area contributed by atoms with Gasteiger partial charge in [0, 0.05) is 18.3 Å². The Hall–Kier alpha value is -1.82. The lowest BCUT2D eigenvalue weighted by Crippen LogP contribution is -2.41. The summed E-state index contributed by atoms with van der Waals surface area (Å²) in [5, 5.41) is 8.94. The summed E-state index contributed by atoms with van der Waals surface area (Å²) in [5.41, 5.74) is 7.37. The first-order chi connectivity index (χ1) is 8.08. The maximum absolute atomic E-state index is 10.9. The van der Waals surface area contributed by atoms with Crippen LogP contribution in [0.3, 0.4) is 0 Å². The molecule has 1 aromatic heterocycles. The number of nitrogen functional groups attached to an aromatic ring is 1. The van der Waals surface area contributed by atoms with Crippen LogP contribution >= 0.6 is 0 Å². The Kier molecular flexibility index (Phi) is 3.14. The number of nitrogens with two attached hydrogens (primary N) is 1. The van der Waals surface area contributed by atoms with Gasteiger partial charge in [-0.15, -0.1) is 0 Å². The van der Waals surface area contributed by atoms with Crippen molar-refractivity contribution in [3.8, 4) is 0 Å². The summed E-state index contributed by atoms with van der Waals surface area (Å²) in [5.74, 6) is 0.486. The summed E-state index contributed by atoms with van der Waals surface area (Å²) in [4.78, 5) is 16.3. The molecule has 1 amide bonds. The molecule has 6 heteroatoms. The molecule has 3 N–H and O–H groups in total. The van der Waals surface area contributed by atoms with Crippen LogP contribution in [0.15, 0.2) is 12.3 Å². The van der Waals surface area contributed by atoms with Crippen LogP contribution in [0.1, 0.15) is 17.2 Å². The predicted octanol–water partition coefficient (Wildman–Crippen LogP) is 1.02. The number of nitrogens with zero attached hydrogens (tertiary/aromatic N) is 2. The molecule has 1 atom stereocenters. The van der Waals surface area contributed by atoms with E-state index in [4.69, 9.17) is 15.6 Å². The molecule has 0 saturated carbocycles. The third kappa shape index (κ3) is 2.47. The van der Waals surface area contributed by atoms with Gasteiger partial charge in [0.15, 0.2) is 0 Å². The average Bonchev–Trinajstić information content (AvgIpc) is 2.33. The van der Waals surface area contributed by atoms with Crippen LogP contribution in [-0.4, -0.2) is 40.8 Å². The highest BCUT2D eigenvalue weighted by Gasteiger charge is 2.25. The second-order valence-corrected chi connectivity index (χ2v) is 4.06. The highest BCUT2D eigenvalue weighted by Crippen LogP contribution is 2.23. The van der Waals surface area contributed by atoms with E-state index < -0.39 is 6.09 Å². The van der Waals surface area contributed by atoms with E-state index in [0.717, 1.165) is 11.1 Å². The van der Waals surface area contributed by atoms with Crippen LogP contribution in [0, 0.1) is 6.92 Å². The molecule has 1 aliphatic rings. The van der Waals surface area contributed by atoms with Gasteiger partial charge in [-0.25, -0.2) is 9.78 Å². The average molecular weight is 237 g/mol. The molecule has 0 radical (unpaired) electrons. The summed E-state index contributed by atoms with van der Waals surface area (Å²) in [6.07, 6.45) is 0.461. The molecule has 2 heterocycles. The first-order valence-electron chi connectivity index (χ1n) is 5.39. The minimum Gasteiger partial charge on any atom is -0.465 e. The predicted molar refractivity (Wildman–Crippen MR) is 61.7 cm³/mol. The fourth-order valence-electron chi connectivity index (χ4n) is 1.81. The van der Waals surface area contributed by atoms with Crippen molar-refractivity contribution in [2.75, 3.05) is 25.4 Å². The van der Waals surface area contributed by atoms with E-state index in [-0.39, 0.29) is 6.10 Å². The number of aromatic nitrogens is 1. The van der Waals surface area contributed by atoms with Crippen LogP contribution in [-0.2, 0) is 4.74 Å². The Balaban J connectivity index is 2.16. The fraction of sp³-hybridized carbons (Fsp3) is 0.455. The zero-order valence-electron chi connectivity index (χ0n) is 9.59. The van der Waals surface area contributed by atoms with Crippen LogP contribution in [0.2, 0.25) is 0 Å². The third-order valence-electron chi connectivity index (χ3n) is 2.85. The topological polar surface area (TPSA) is 88.7 Å². The highest BCUT2D eigenvalue weighted by atomic mass is 16.5. The molecule has 17 heavy (non-hydrogen) atoms. The minimum absolute atomic E-state index is 0.258. The number of amides is 1. The Morgan fingerprint density at radius 1 is 1.71 bits per heavy atom. The molecule has 0 spiro atoms. The van der Waals surface area contributed by atoms with Gasteiger partial charge in [-0.3, -0.25) is 0 Å². The van der Waals surface area contributed by atoms with E-state index in [1.807, 2.05) is 13.0 Å². The van der Waals surface area contributed by atoms with Crippen molar-refractivity contribution in [2.24, 2.45) is 0 Å². The van der Waals surface area contributed by atoms with Gasteiger partial charge in [0.1, 0.15) is 11.9 Å². The normalized spacial score (nSPS) is 20.3. The molecule has 6 nitrogen and oxygen atoms in total. The summed E-state index contributed by atoms with van der Waals surface area (Å²) < 4.78 is 5.55. The molecular weight excluding hydrogens is 222 g/mol. The van der Waals surface area contributed by atoms with Gasteiger partial charge >= 0.3 is 6.09 Å².